The van der Waals surface area contributed by atoms with Crippen molar-refractivity contribution >= 4 is 23.5 Å². The largest absolute Gasteiger partial charge is 0.462 e. The van der Waals surface area contributed by atoms with E-state index in [4.69, 9.17) is 9.47 Å². The molecule has 130 valence electrons. The second-order valence-electron chi connectivity index (χ2n) is 6.04. The van der Waals surface area contributed by atoms with Crippen LogP contribution in [0.5, 0.6) is 0 Å². The van der Waals surface area contributed by atoms with Gasteiger partial charge in [-0.05, 0) is 43.0 Å². The summed E-state index contributed by atoms with van der Waals surface area (Å²) in [5.74, 6) is -0.812. The molecule has 0 unspecified atom stereocenters. The van der Waals surface area contributed by atoms with Crippen molar-refractivity contribution in [2.24, 2.45) is 11.8 Å². The van der Waals surface area contributed by atoms with Crippen molar-refractivity contribution in [3.63, 3.8) is 0 Å². The quantitative estimate of drug-likeness (QED) is 0.584. The molecule has 0 radical (unpaired) electrons. The van der Waals surface area contributed by atoms with Crippen molar-refractivity contribution in [3.8, 4) is 0 Å². The number of hydrogen-bond donors (Lipinski definition) is 1. The summed E-state index contributed by atoms with van der Waals surface area (Å²) in [6, 6.07) is 6.39. The predicted molar refractivity (Wildman–Crippen MR) is 88.5 cm³/mol. The second kappa shape index (κ2) is 8.47. The van der Waals surface area contributed by atoms with Gasteiger partial charge in [-0.2, -0.15) is 0 Å². The molecule has 1 aromatic carbocycles. The van der Waals surface area contributed by atoms with Crippen molar-refractivity contribution in [2.45, 2.75) is 33.1 Å². The first-order valence-corrected chi connectivity index (χ1v) is 8.25. The van der Waals surface area contributed by atoms with Crippen LogP contribution < -0.4 is 5.32 Å². The van der Waals surface area contributed by atoms with Gasteiger partial charge in [0.25, 0.3) is 5.91 Å². The van der Waals surface area contributed by atoms with Gasteiger partial charge < -0.3 is 14.8 Å². The van der Waals surface area contributed by atoms with Gasteiger partial charge in [0, 0.05) is 5.69 Å². The molecule has 0 spiro atoms. The lowest BCUT2D eigenvalue weighted by Gasteiger charge is -2.08. The Labute approximate surface area is 141 Å². The third kappa shape index (κ3) is 5.37. The number of nitrogens with one attached hydrogen (secondary N) is 1. The minimum absolute atomic E-state index is 0.0594. The van der Waals surface area contributed by atoms with Gasteiger partial charge in [0.2, 0.25) is 0 Å². The van der Waals surface area contributed by atoms with E-state index < -0.39 is 5.91 Å². The van der Waals surface area contributed by atoms with E-state index in [0.29, 0.717) is 23.8 Å². The first-order valence-electron chi connectivity index (χ1n) is 8.25. The Morgan fingerprint density at radius 2 is 1.83 bits per heavy atom. The molecule has 0 aromatic heterocycles. The average molecular weight is 333 g/mol. The fraction of sp³-hybridized carbons (Fsp3) is 0.500. The highest BCUT2D eigenvalue weighted by molar-refractivity contribution is 5.94. The fourth-order valence-electron chi connectivity index (χ4n) is 2.17. The summed E-state index contributed by atoms with van der Waals surface area (Å²) in [5.41, 5.74) is 0.958. The molecule has 1 N–H and O–H groups in total. The highest BCUT2D eigenvalue weighted by Crippen LogP contribution is 2.38. The number of anilines is 1. The van der Waals surface area contributed by atoms with E-state index in [2.05, 4.69) is 5.32 Å². The van der Waals surface area contributed by atoms with Crippen LogP contribution in [0.1, 0.15) is 43.5 Å². The Kier molecular flexibility index (Phi) is 6.35. The molecule has 0 aliphatic heterocycles. The maximum atomic E-state index is 11.8. The summed E-state index contributed by atoms with van der Waals surface area (Å²) in [5, 5.41) is 2.62. The smallest absolute Gasteiger partial charge is 0.338 e. The number of esters is 2. The molecule has 1 aliphatic rings. The number of benzene rings is 1. The zero-order valence-electron chi connectivity index (χ0n) is 14.0. The minimum atomic E-state index is -0.407. The van der Waals surface area contributed by atoms with Crippen LogP contribution in [-0.4, -0.2) is 31.1 Å². The Morgan fingerprint density at radius 3 is 2.42 bits per heavy atom. The lowest BCUT2D eigenvalue weighted by atomic mass is 10.2. The number of ether oxygens (including phenoxy) is 2. The van der Waals surface area contributed by atoms with Gasteiger partial charge >= 0.3 is 11.9 Å². The van der Waals surface area contributed by atoms with E-state index in [9.17, 15) is 14.4 Å². The summed E-state index contributed by atoms with van der Waals surface area (Å²) < 4.78 is 10.1. The molecule has 1 aromatic rings. The maximum Gasteiger partial charge on any atom is 0.338 e. The van der Waals surface area contributed by atoms with Gasteiger partial charge in [0.15, 0.2) is 6.61 Å². The van der Waals surface area contributed by atoms with Gasteiger partial charge in [0.05, 0.1) is 18.1 Å². The first-order chi connectivity index (χ1) is 11.5. The number of carbonyl (C=O) groups excluding carboxylic acids is 3. The molecule has 1 fully saturated rings. The summed E-state index contributed by atoms with van der Waals surface area (Å²) in [7, 11) is 0. The predicted octanol–water partition coefficient (Wildman–Crippen LogP) is 2.78. The number of hydrogen-bond acceptors (Lipinski definition) is 5. The molecule has 2 rings (SSSR count). The van der Waals surface area contributed by atoms with Crippen molar-refractivity contribution in [2.75, 3.05) is 18.5 Å². The molecule has 0 bridgehead atoms. The molecule has 6 heteroatoms. The third-order valence-corrected chi connectivity index (χ3v) is 3.89. The summed E-state index contributed by atoms with van der Waals surface area (Å²) >= 11 is 0. The molecule has 6 nitrogen and oxygen atoms in total. The second-order valence-corrected chi connectivity index (χ2v) is 6.04. The van der Waals surface area contributed by atoms with E-state index >= 15 is 0 Å². The molecule has 24 heavy (non-hydrogen) atoms. The van der Waals surface area contributed by atoms with E-state index in [1.165, 1.54) is 0 Å². The van der Waals surface area contributed by atoms with Crippen LogP contribution in [0.3, 0.4) is 0 Å². The van der Waals surface area contributed by atoms with Crippen LogP contribution >= 0.6 is 0 Å². The maximum absolute atomic E-state index is 11.8. The fourth-order valence-corrected chi connectivity index (χ4v) is 2.17. The third-order valence-electron chi connectivity index (χ3n) is 3.89. The monoisotopic (exact) mass is 333 g/mol. The van der Waals surface area contributed by atoms with Crippen molar-refractivity contribution in [1.82, 2.24) is 0 Å². The zero-order chi connectivity index (χ0) is 17.5. The average Bonchev–Trinajstić information content (AvgIpc) is 3.30. The summed E-state index contributed by atoms with van der Waals surface area (Å²) in [6.07, 6.45) is 2.62. The number of unbranched alkanes of at least 4 members (excludes halogenated alkanes) is 1. The molecule has 1 amide bonds. The van der Waals surface area contributed by atoms with Gasteiger partial charge in [-0.15, -0.1) is 0 Å². The summed E-state index contributed by atoms with van der Waals surface area (Å²) in [4.78, 5) is 35.1. The first kappa shape index (κ1) is 18.0. The van der Waals surface area contributed by atoms with Crippen LogP contribution in [0, 0.1) is 11.8 Å². The molecule has 1 saturated carbocycles. The highest BCUT2D eigenvalue weighted by Gasteiger charge is 2.40. The normalized spacial score (nSPS) is 18.6. The van der Waals surface area contributed by atoms with Crippen LogP contribution in [0.2, 0.25) is 0 Å². The van der Waals surface area contributed by atoms with Crippen LogP contribution in [0.15, 0.2) is 24.3 Å². The molecule has 0 saturated heterocycles. The van der Waals surface area contributed by atoms with Gasteiger partial charge in [-0.3, -0.25) is 9.59 Å². The van der Waals surface area contributed by atoms with E-state index in [-0.39, 0.29) is 24.5 Å². The Balaban J connectivity index is 1.75. The minimum Gasteiger partial charge on any atom is -0.462 e. The molecule has 0 heterocycles. The van der Waals surface area contributed by atoms with E-state index in [1.807, 2.05) is 13.8 Å². The van der Waals surface area contributed by atoms with Crippen molar-refractivity contribution < 1.29 is 23.9 Å². The van der Waals surface area contributed by atoms with E-state index in [0.717, 1.165) is 19.3 Å². The zero-order valence-corrected chi connectivity index (χ0v) is 14.0. The molecular formula is C18H23NO5. The molecule has 2 atom stereocenters. The standard InChI is InChI=1S/C18H23NO5/c1-3-4-9-23-17(21)13-5-7-14(8-6-13)19-16(20)11-24-18(22)15-10-12(15)2/h5-8,12,15H,3-4,9-11H2,1-2H3,(H,19,20)/t12-,15+/m0/s1. The van der Waals surface area contributed by atoms with Gasteiger partial charge in [0.1, 0.15) is 0 Å². The highest BCUT2D eigenvalue weighted by atomic mass is 16.5. The van der Waals surface area contributed by atoms with Crippen molar-refractivity contribution in [3.05, 3.63) is 29.8 Å². The number of rotatable bonds is 8. The van der Waals surface area contributed by atoms with E-state index in [1.54, 1.807) is 24.3 Å². The van der Waals surface area contributed by atoms with Crippen molar-refractivity contribution in [1.29, 1.82) is 0 Å². The SMILES string of the molecule is CCCCOC(=O)c1ccc(NC(=O)COC(=O)[C@@H]2C[C@@H]2C)cc1. The van der Waals surface area contributed by atoms with Crippen LogP contribution in [-0.2, 0) is 19.1 Å². The van der Waals surface area contributed by atoms with Crippen LogP contribution in [0.4, 0.5) is 5.69 Å². The Bertz CT molecular complexity index is 596. The van der Waals surface area contributed by atoms with Crippen LogP contribution in [0.25, 0.3) is 0 Å². The lowest BCUT2D eigenvalue weighted by Crippen LogP contribution is -2.21. The topological polar surface area (TPSA) is 81.7 Å². The molecular weight excluding hydrogens is 310 g/mol. The summed E-state index contributed by atoms with van der Waals surface area (Å²) in [6.45, 7) is 4.09. The number of carbonyl (C=O) groups is 3. The number of amides is 1. The Morgan fingerprint density at radius 1 is 1.17 bits per heavy atom. The van der Waals surface area contributed by atoms with Gasteiger partial charge in [-0.25, -0.2) is 4.79 Å². The van der Waals surface area contributed by atoms with Gasteiger partial charge in [-0.1, -0.05) is 20.3 Å². The molecule has 1 aliphatic carbocycles. The Hall–Kier alpha value is -2.37. The lowest BCUT2D eigenvalue weighted by molar-refractivity contribution is -0.148.